The summed E-state index contributed by atoms with van der Waals surface area (Å²) < 4.78 is 0. The predicted molar refractivity (Wildman–Crippen MR) is 69.8 cm³/mol. The Bertz CT molecular complexity index is 436. The van der Waals surface area contributed by atoms with E-state index in [1.807, 2.05) is 18.0 Å². The Hall–Kier alpha value is -1.62. The maximum absolute atomic E-state index is 10.8. The van der Waals surface area contributed by atoms with Crippen LogP contribution >= 0.6 is 0 Å². The van der Waals surface area contributed by atoms with E-state index in [0.29, 0.717) is 0 Å². The average molecular weight is 250 g/mol. The van der Waals surface area contributed by atoms with Crippen LogP contribution in [0.5, 0.6) is 0 Å². The molecule has 0 aliphatic heterocycles. The summed E-state index contributed by atoms with van der Waals surface area (Å²) in [6, 6.07) is 6.62. The third kappa shape index (κ3) is 2.61. The summed E-state index contributed by atoms with van der Waals surface area (Å²) in [4.78, 5) is 12.3. The molecule has 0 radical (unpaired) electrons. The molecular weight excluding hydrogens is 232 g/mol. The SMILES string of the molecule is CN(c1cccc([N+](=O)[O-])c1)C1CCCCC1O. The Morgan fingerprint density at radius 3 is 2.78 bits per heavy atom. The number of hydrogen-bond donors (Lipinski definition) is 1. The van der Waals surface area contributed by atoms with Crippen molar-refractivity contribution in [2.75, 3.05) is 11.9 Å². The van der Waals surface area contributed by atoms with Crippen LogP contribution in [0.2, 0.25) is 0 Å². The molecule has 1 aromatic carbocycles. The Labute approximate surface area is 106 Å². The molecule has 2 atom stereocenters. The molecule has 1 aromatic rings. The molecule has 0 bridgehead atoms. The molecule has 1 aliphatic carbocycles. The van der Waals surface area contributed by atoms with Crippen molar-refractivity contribution >= 4 is 11.4 Å². The molecule has 98 valence electrons. The van der Waals surface area contributed by atoms with E-state index >= 15 is 0 Å². The smallest absolute Gasteiger partial charge is 0.271 e. The van der Waals surface area contributed by atoms with Crippen molar-refractivity contribution in [3.05, 3.63) is 34.4 Å². The second kappa shape index (κ2) is 5.35. The zero-order chi connectivity index (χ0) is 13.1. The molecule has 0 amide bonds. The fourth-order valence-electron chi connectivity index (χ4n) is 2.56. The molecule has 5 nitrogen and oxygen atoms in total. The number of aliphatic hydroxyl groups is 1. The van der Waals surface area contributed by atoms with E-state index < -0.39 is 4.92 Å². The summed E-state index contributed by atoms with van der Waals surface area (Å²) in [6.45, 7) is 0. The lowest BCUT2D eigenvalue weighted by atomic mass is 9.91. The van der Waals surface area contributed by atoms with Crippen LogP contribution in [0.1, 0.15) is 25.7 Å². The third-order valence-corrected chi connectivity index (χ3v) is 3.64. The molecule has 0 saturated heterocycles. The van der Waals surface area contributed by atoms with Gasteiger partial charge in [0.15, 0.2) is 0 Å². The van der Waals surface area contributed by atoms with Gasteiger partial charge in [0, 0.05) is 24.9 Å². The Balaban J connectivity index is 2.19. The van der Waals surface area contributed by atoms with Crippen molar-refractivity contribution in [3.8, 4) is 0 Å². The first-order chi connectivity index (χ1) is 8.59. The first-order valence-corrected chi connectivity index (χ1v) is 6.25. The lowest BCUT2D eigenvalue weighted by molar-refractivity contribution is -0.384. The van der Waals surface area contributed by atoms with E-state index in [1.165, 1.54) is 6.07 Å². The third-order valence-electron chi connectivity index (χ3n) is 3.64. The van der Waals surface area contributed by atoms with E-state index in [1.54, 1.807) is 12.1 Å². The fourth-order valence-corrected chi connectivity index (χ4v) is 2.56. The van der Waals surface area contributed by atoms with Crippen LogP contribution in [0.3, 0.4) is 0 Å². The van der Waals surface area contributed by atoms with Crippen molar-refractivity contribution in [2.45, 2.75) is 37.8 Å². The summed E-state index contributed by atoms with van der Waals surface area (Å²) in [5, 5.41) is 20.8. The second-order valence-corrected chi connectivity index (χ2v) is 4.81. The van der Waals surface area contributed by atoms with Crippen LogP contribution in [0, 0.1) is 10.1 Å². The summed E-state index contributed by atoms with van der Waals surface area (Å²) in [5.74, 6) is 0. The number of non-ortho nitro benzene ring substituents is 1. The number of likely N-dealkylation sites (N-methyl/N-ethyl adjacent to an activating group) is 1. The van der Waals surface area contributed by atoms with Crippen molar-refractivity contribution < 1.29 is 10.0 Å². The monoisotopic (exact) mass is 250 g/mol. The molecule has 18 heavy (non-hydrogen) atoms. The van der Waals surface area contributed by atoms with Gasteiger partial charge >= 0.3 is 0 Å². The highest BCUT2D eigenvalue weighted by Crippen LogP contribution is 2.28. The van der Waals surface area contributed by atoms with Gasteiger partial charge in [-0.3, -0.25) is 10.1 Å². The summed E-state index contributed by atoms with van der Waals surface area (Å²) in [6.07, 6.45) is 3.55. The Morgan fingerprint density at radius 2 is 2.11 bits per heavy atom. The summed E-state index contributed by atoms with van der Waals surface area (Å²) in [7, 11) is 1.89. The Kier molecular flexibility index (Phi) is 3.81. The topological polar surface area (TPSA) is 66.6 Å². The van der Waals surface area contributed by atoms with Crippen LogP contribution in [0.4, 0.5) is 11.4 Å². The van der Waals surface area contributed by atoms with E-state index in [-0.39, 0.29) is 17.8 Å². The van der Waals surface area contributed by atoms with Gasteiger partial charge in [-0.2, -0.15) is 0 Å². The lowest BCUT2D eigenvalue weighted by Crippen LogP contribution is -2.43. The first kappa shape index (κ1) is 12.8. The second-order valence-electron chi connectivity index (χ2n) is 4.81. The number of rotatable bonds is 3. The zero-order valence-corrected chi connectivity index (χ0v) is 10.5. The highest BCUT2D eigenvalue weighted by Gasteiger charge is 2.27. The standard InChI is InChI=1S/C13H18N2O3/c1-14(12-7-2-3-8-13(12)16)10-5-4-6-11(9-10)15(17)18/h4-6,9,12-13,16H,2-3,7-8H2,1H3. The molecule has 2 rings (SSSR count). The van der Waals surface area contributed by atoms with Crippen LogP contribution in [-0.4, -0.2) is 29.2 Å². The highest BCUT2D eigenvalue weighted by atomic mass is 16.6. The van der Waals surface area contributed by atoms with Crippen molar-refractivity contribution in [2.24, 2.45) is 0 Å². The predicted octanol–water partition coefficient (Wildman–Crippen LogP) is 2.33. The van der Waals surface area contributed by atoms with Gasteiger partial charge < -0.3 is 10.0 Å². The van der Waals surface area contributed by atoms with E-state index in [9.17, 15) is 15.2 Å². The minimum absolute atomic E-state index is 0.0563. The van der Waals surface area contributed by atoms with Crippen molar-refractivity contribution in [1.82, 2.24) is 0 Å². The normalized spacial score (nSPS) is 23.7. The summed E-state index contributed by atoms with van der Waals surface area (Å²) in [5.41, 5.74) is 0.875. The minimum Gasteiger partial charge on any atom is -0.391 e. The highest BCUT2D eigenvalue weighted by molar-refractivity contribution is 5.53. The largest absolute Gasteiger partial charge is 0.391 e. The van der Waals surface area contributed by atoms with Gasteiger partial charge in [-0.25, -0.2) is 0 Å². The number of benzene rings is 1. The molecule has 5 heteroatoms. The molecule has 1 saturated carbocycles. The van der Waals surface area contributed by atoms with Gasteiger partial charge in [0.25, 0.3) is 5.69 Å². The van der Waals surface area contributed by atoms with Crippen LogP contribution < -0.4 is 4.90 Å². The van der Waals surface area contributed by atoms with Crippen LogP contribution in [0.15, 0.2) is 24.3 Å². The number of hydrogen-bond acceptors (Lipinski definition) is 4. The lowest BCUT2D eigenvalue weighted by Gasteiger charge is -2.36. The van der Waals surface area contributed by atoms with E-state index in [4.69, 9.17) is 0 Å². The number of aliphatic hydroxyl groups excluding tert-OH is 1. The number of nitro benzene ring substituents is 1. The van der Waals surface area contributed by atoms with Gasteiger partial charge in [-0.05, 0) is 18.9 Å². The van der Waals surface area contributed by atoms with E-state index in [2.05, 4.69) is 0 Å². The minimum atomic E-state index is -0.394. The maximum atomic E-state index is 10.8. The summed E-state index contributed by atoms with van der Waals surface area (Å²) >= 11 is 0. The molecule has 0 spiro atoms. The molecule has 1 N–H and O–H groups in total. The number of anilines is 1. The van der Waals surface area contributed by atoms with Gasteiger partial charge in [0.1, 0.15) is 0 Å². The molecule has 1 fully saturated rings. The van der Waals surface area contributed by atoms with Gasteiger partial charge in [-0.15, -0.1) is 0 Å². The first-order valence-electron chi connectivity index (χ1n) is 6.25. The van der Waals surface area contributed by atoms with Gasteiger partial charge in [-0.1, -0.05) is 18.9 Å². The Morgan fingerprint density at radius 1 is 1.39 bits per heavy atom. The average Bonchev–Trinajstić information content (AvgIpc) is 2.38. The molecular formula is C13H18N2O3. The fraction of sp³-hybridized carbons (Fsp3) is 0.538. The quantitative estimate of drug-likeness (QED) is 0.660. The van der Waals surface area contributed by atoms with Gasteiger partial charge in [0.2, 0.25) is 0 Å². The van der Waals surface area contributed by atoms with E-state index in [0.717, 1.165) is 31.4 Å². The number of nitro groups is 1. The number of nitrogens with zero attached hydrogens (tertiary/aromatic N) is 2. The molecule has 2 unspecified atom stereocenters. The molecule has 1 aliphatic rings. The van der Waals surface area contributed by atoms with Crippen LogP contribution in [-0.2, 0) is 0 Å². The van der Waals surface area contributed by atoms with Crippen molar-refractivity contribution in [3.63, 3.8) is 0 Å². The van der Waals surface area contributed by atoms with Crippen molar-refractivity contribution in [1.29, 1.82) is 0 Å². The van der Waals surface area contributed by atoms with Gasteiger partial charge in [0.05, 0.1) is 17.1 Å². The molecule has 0 aromatic heterocycles. The molecule has 0 heterocycles. The zero-order valence-electron chi connectivity index (χ0n) is 10.5. The maximum Gasteiger partial charge on any atom is 0.271 e. The van der Waals surface area contributed by atoms with Crippen LogP contribution in [0.25, 0.3) is 0 Å².